The summed E-state index contributed by atoms with van der Waals surface area (Å²) < 4.78 is 10.9. The van der Waals surface area contributed by atoms with Crippen molar-refractivity contribution in [1.29, 1.82) is 0 Å². The maximum atomic E-state index is 5.44. The van der Waals surface area contributed by atoms with Crippen LogP contribution in [0, 0.1) is 0 Å². The summed E-state index contributed by atoms with van der Waals surface area (Å²) in [7, 11) is 0. The Labute approximate surface area is 74.9 Å². The molecule has 0 rings (SSSR count). The van der Waals surface area contributed by atoms with Gasteiger partial charge in [0.1, 0.15) is 0 Å². The third-order valence-electron chi connectivity index (χ3n) is 1.66. The van der Waals surface area contributed by atoms with Crippen LogP contribution < -0.4 is 0 Å². The number of hydrogen-bond acceptors (Lipinski definition) is 2. The van der Waals surface area contributed by atoms with Gasteiger partial charge in [0.2, 0.25) is 0 Å². The van der Waals surface area contributed by atoms with Gasteiger partial charge in [-0.05, 0) is 13.3 Å². The molecule has 0 aromatic carbocycles. The molecule has 0 atom stereocenters. The van der Waals surface area contributed by atoms with Crippen molar-refractivity contribution in [3.8, 4) is 0 Å². The summed E-state index contributed by atoms with van der Waals surface area (Å²) in [5.41, 5.74) is 0. The SMILES string of the molecule is C=CCOC(C)(CC)OCC=C. The zero-order valence-electron chi connectivity index (χ0n) is 8.01. The van der Waals surface area contributed by atoms with E-state index in [9.17, 15) is 0 Å². The minimum Gasteiger partial charge on any atom is -0.346 e. The lowest BCUT2D eigenvalue weighted by atomic mass is 10.2. The molecule has 0 aliphatic heterocycles. The zero-order valence-corrected chi connectivity index (χ0v) is 8.01. The van der Waals surface area contributed by atoms with Gasteiger partial charge in [0.25, 0.3) is 0 Å². The highest BCUT2D eigenvalue weighted by atomic mass is 16.7. The summed E-state index contributed by atoms with van der Waals surface area (Å²) in [5.74, 6) is -0.498. The van der Waals surface area contributed by atoms with E-state index in [-0.39, 0.29) is 0 Å². The van der Waals surface area contributed by atoms with Crippen LogP contribution in [0.1, 0.15) is 20.3 Å². The molecule has 0 aromatic heterocycles. The zero-order chi connectivity index (χ0) is 9.45. The lowest BCUT2D eigenvalue weighted by Gasteiger charge is -2.27. The van der Waals surface area contributed by atoms with Gasteiger partial charge in [-0.1, -0.05) is 19.1 Å². The second-order valence-corrected chi connectivity index (χ2v) is 2.69. The fourth-order valence-corrected chi connectivity index (χ4v) is 0.716. The molecule has 0 N–H and O–H groups in total. The lowest BCUT2D eigenvalue weighted by molar-refractivity contribution is -0.214. The molecule has 0 fully saturated rings. The normalized spacial score (nSPS) is 11.2. The van der Waals surface area contributed by atoms with E-state index in [2.05, 4.69) is 13.2 Å². The minimum atomic E-state index is -0.498. The number of ether oxygens (including phenoxy) is 2. The molecule has 0 unspecified atom stereocenters. The summed E-state index contributed by atoms with van der Waals surface area (Å²) in [6, 6.07) is 0. The van der Waals surface area contributed by atoms with Crippen molar-refractivity contribution in [3.05, 3.63) is 25.3 Å². The standard InChI is InChI=1S/C10H18O2/c1-5-8-11-10(4,7-3)12-9-6-2/h5-6H,1-2,7-9H2,3-4H3. The van der Waals surface area contributed by atoms with Gasteiger partial charge in [-0.25, -0.2) is 0 Å². The van der Waals surface area contributed by atoms with E-state index in [1.807, 2.05) is 13.8 Å². The largest absolute Gasteiger partial charge is 0.346 e. The third kappa shape index (κ3) is 4.31. The van der Waals surface area contributed by atoms with E-state index >= 15 is 0 Å². The quantitative estimate of drug-likeness (QED) is 0.432. The molecular formula is C10H18O2. The molecule has 0 radical (unpaired) electrons. The molecule has 0 aliphatic rings. The predicted molar refractivity (Wildman–Crippen MR) is 51.0 cm³/mol. The van der Waals surface area contributed by atoms with Gasteiger partial charge >= 0.3 is 0 Å². The molecule has 0 spiro atoms. The Morgan fingerprint density at radius 1 is 1.17 bits per heavy atom. The maximum Gasteiger partial charge on any atom is 0.166 e. The van der Waals surface area contributed by atoms with Gasteiger partial charge in [-0.2, -0.15) is 0 Å². The van der Waals surface area contributed by atoms with Gasteiger partial charge in [0.15, 0.2) is 5.79 Å². The van der Waals surface area contributed by atoms with E-state index in [0.29, 0.717) is 13.2 Å². The molecule has 0 amide bonds. The van der Waals surface area contributed by atoms with Crippen LogP contribution in [0.3, 0.4) is 0 Å². The smallest absolute Gasteiger partial charge is 0.166 e. The van der Waals surface area contributed by atoms with Gasteiger partial charge < -0.3 is 9.47 Å². The van der Waals surface area contributed by atoms with Crippen molar-refractivity contribution < 1.29 is 9.47 Å². The second kappa shape index (κ2) is 5.98. The third-order valence-corrected chi connectivity index (χ3v) is 1.66. The molecular weight excluding hydrogens is 152 g/mol. The van der Waals surface area contributed by atoms with Gasteiger partial charge in [0.05, 0.1) is 13.2 Å². The maximum absolute atomic E-state index is 5.44. The molecule has 0 aliphatic carbocycles. The van der Waals surface area contributed by atoms with Gasteiger partial charge in [-0.15, -0.1) is 13.2 Å². The first kappa shape index (κ1) is 11.4. The fraction of sp³-hybridized carbons (Fsp3) is 0.600. The van der Waals surface area contributed by atoms with Crippen LogP contribution in [0.4, 0.5) is 0 Å². The molecule has 12 heavy (non-hydrogen) atoms. The number of hydrogen-bond donors (Lipinski definition) is 0. The topological polar surface area (TPSA) is 18.5 Å². The van der Waals surface area contributed by atoms with E-state index < -0.39 is 5.79 Å². The Kier molecular flexibility index (Phi) is 5.68. The van der Waals surface area contributed by atoms with Crippen molar-refractivity contribution in [1.82, 2.24) is 0 Å². The van der Waals surface area contributed by atoms with Crippen LogP contribution in [-0.4, -0.2) is 19.0 Å². The summed E-state index contributed by atoms with van der Waals surface area (Å²) >= 11 is 0. The van der Waals surface area contributed by atoms with Gasteiger partial charge in [0, 0.05) is 0 Å². The summed E-state index contributed by atoms with van der Waals surface area (Å²) in [4.78, 5) is 0. The Balaban J connectivity index is 3.84. The first-order chi connectivity index (χ1) is 5.68. The molecule has 0 saturated carbocycles. The van der Waals surface area contributed by atoms with Crippen molar-refractivity contribution in [3.63, 3.8) is 0 Å². The van der Waals surface area contributed by atoms with E-state index in [1.165, 1.54) is 0 Å². The van der Waals surface area contributed by atoms with Crippen molar-refractivity contribution in [2.24, 2.45) is 0 Å². The van der Waals surface area contributed by atoms with E-state index in [0.717, 1.165) is 6.42 Å². The highest BCUT2D eigenvalue weighted by Crippen LogP contribution is 2.16. The van der Waals surface area contributed by atoms with Crippen molar-refractivity contribution >= 4 is 0 Å². The first-order valence-electron chi connectivity index (χ1n) is 4.18. The van der Waals surface area contributed by atoms with Crippen LogP contribution in [0.25, 0.3) is 0 Å². The molecule has 0 heterocycles. The van der Waals surface area contributed by atoms with E-state index in [1.54, 1.807) is 12.2 Å². The second-order valence-electron chi connectivity index (χ2n) is 2.69. The monoisotopic (exact) mass is 170 g/mol. The Morgan fingerprint density at radius 2 is 1.58 bits per heavy atom. The molecule has 70 valence electrons. The van der Waals surface area contributed by atoms with Crippen molar-refractivity contribution in [2.75, 3.05) is 13.2 Å². The Morgan fingerprint density at radius 3 is 1.83 bits per heavy atom. The predicted octanol–water partition coefficient (Wildman–Crippen LogP) is 2.52. The summed E-state index contributed by atoms with van der Waals surface area (Å²) in [6.07, 6.45) is 4.24. The molecule has 2 nitrogen and oxygen atoms in total. The van der Waals surface area contributed by atoms with Crippen LogP contribution >= 0.6 is 0 Å². The summed E-state index contributed by atoms with van der Waals surface area (Å²) in [6.45, 7) is 12.1. The minimum absolute atomic E-state index is 0.498. The molecule has 0 bridgehead atoms. The highest BCUT2D eigenvalue weighted by molar-refractivity contribution is 4.71. The number of rotatable bonds is 7. The first-order valence-corrected chi connectivity index (χ1v) is 4.18. The van der Waals surface area contributed by atoms with Crippen LogP contribution in [0.2, 0.25) is 0 Å². The average molecular weight is 170 g/mol. The molecule has 0 aromatic rings. The fourth-order valence-electron chi connectivity index (χ4n) is 0.716. The van der Waals surface area contributed by atoms with Crippen LogP contribution in [0.5, 0.6) is 0 Å². The van der Waals surface area contributed by atoms with Crippen molar-refractivity contribution in [2.45, 2.75) is 26.1 Å². The van der Waals surface area contributed by atoms with Gasteiger partial charge in [-0.3, -0.25) is 0 Å². The molecule has 2 heteroatoms. The average Bonchev–Trinajstić information content (AvgIpc) is 2.11. The Bertz CT molecular complexity index is 129. The molecule has 0 saturated heterocycles. The Hall–Kier alpha value is -0.600. The van der Waals surface area contributed by atoms with Crippen LogP contribution in [-0.2, 0) is 9.47 Å². The highest BCUT2D eigenvalue weighted by Gasteiger charge is 2.21. The van der Waals surface area contributed by atoms with Crippen LogP contribution in [0.15, 0.2) is 25.3 Å². The van der Waals surface area contributed by atoms with E-state index in [4.69, 9.17) is 9.47 Å². The summed E-state index contributed by atoms with van der Waals surface area (Å²) in [5, 5.41) is 0. The lowest BCUT2D eigenvalue weighted by Crippen LogP contribution is -2.31.